The molecule has 0 fully saturated rings. The molecule has 3 N–H and O–H groups in total. The fourth-order valence-electron chi connectivity index (χ4n) is 0.535. The first-order valence-electron chi connectivity index (χ1n) is 3.09. The van der Waals surface area contributed by atoms with Crippen molar-refractivity contribution in [2.24, 2.45) is 5.73 Å². The fraction of sp³-hybridized carbons (Fsp3) is 0.400. The number of rotatable bonds is 4. The topological polar surface area (TPSA) is 89.1 Å². The Balaban J connectivity index is 2.54. The van der Waals surface area contributed by atoms with Crippen molar-refractivity contribution >= 4 is 29.1 Å². The van der Waals surface area contributed by atoms with Crippen LogP contribution in [0.2, 0.25) is 0 Å². The van der Waals surface area contributed by atoms with Crippen LogP contribution in [0.25, 0.3) is 0 Å². The van der Waals surface area contributed by atoms with Crippen molar-refractivity contribution in [2.75, 3.05) is 6.54 Å². The first kappa shape index (κ1) is 9.43. The van der Waals surface area contributed by atoms with Gasteiger partial charge in [-0.05, 0) is 0 Å². The summed E-state index contributed by atoms with van der Waals surface area (Å²) in [5.41, 5.74) is 6.80. The molecule has 1 unspecified atom stereocenters. The Bertz CT molecular complexity index is 251. The molecule has 1 rings (SSSR count). The molecule has 0 spiro atoms. The Kier molecular flexibility index (Phi) is 3.45. The van der Waals surface area contributed by atoms with Gasteiger partial charge in [-0.25, -0.2) is 0 Å². The molecule has 1 atom stereocenters. The van der Waals surface area contributed by atoms with Gasteiger partial charge in [-0.15, -0.1) is 10.2 Å². The van der Waals surface area contributed by atoms with Gasteiger partial charge in [0.2, 0.25) is 0 Å². The van der Waals surface area contributed by atoms with Crippen molar-refractivity contribution in [2.45, 2.75) is 9.59 Å². The van der Waals surface area contributed by atoms with E-state index in [2.05, 4.69) is 10.2 Å². The van der Waals surface area contributed by atoms with E-state index < -0.39 is 11.2 Å². The van der Waals surface area contributed by atoms with Gasteiger partial charge in [-0.3, -0.25) is 4.79 Å². The Labute approximate surface area is 77.0 Å². The van der Waals surface area contributed by atoms with Gasteiger partial charge in [0.15, 0.2) is 4.34 Å². The van der Waals surface area contributed by atoms with Gasteiger partial charge in [0.05, 0.1) is 0 Å². The maximum atomic E-state index is 10.5. The van der Waals surface area contributed by atoms with Gasteiger partial charge >= 0.3 is 5.97 Å². The predicted octanol–water partition coefficient (Wildman–Crippen LogP) is 0.0421. The normalized spacial score (nSPS) is 12.8. The molecular weight excluding hydrogens is 198 g/mol. The number of hydrogen-bond donors (Lipinski definition) is 2. The maximum absolute atomic E-state index is 10.5. The van der Waals surface area contributed by atoms with E-state index in [9.17, 15) is 4.79 Å². The van der Waals surface area contributed by atoms with Crippen LogP contribution in [0.4, 0.5) is 0 Å². The van der Waals surface area contributed by atoms with Crippen molar-refractivity contribution in [3.8, 4) is 0 Å². The molecule has 0 amide bonds. The van der Waals surface area contributed by atoms with Crippen LogP contribution >= 0.6 is 23.1 Å². The number of carboxylic acid groups (broad SMARTS) is 1. The molecule has 0 radical (unpaired) electrons. The number of carbonyl (C=O) groups is 1. The van der Waals surface area contributed by atoms with Crippen molar-refractivity contribution in [3.63, 3.8) is 0 Å². The average Bonchev–Trinajstić information content (AvgIpc) is 2.51. The highest BCUT2D eigenvalue weighted by Crippen LogP contribution is 2.23. The van der Waals surface area contributed by atoms with Crippen molar-refractivity contribution < 1.29 is 9.90 Å². The Morgan fingerprint density at radius 2 is 2.67 bits per heavy atom. The fourth-order valence-corrected chi connectivity index (χ4v) is 2.05. The minimum Gasteiger partial charge on any atom is -0.480 e. The molecule has 0 saturated heterocycles. The lowest BCUT2D eigenvalue weighted by Gasteiger charge is -2.04. The zero-order chi connectivity index (χ0) is 8.97. The Morgan fingerprint density at radius 1 is 1.92 bits per heavy atom. The second-order valence-corrected chi connectivity index (χ2v) is 4.17. The van der Waals surface area contributed by atoms with Crippen molar-refractivity contribution in [3.05, 3.63) is 5.51 Å². The number of carboxylic acids is 1. The molecule has 0 aromatic carbocycles. The van der Waals surface area contributed by atoms with Gasteiger partial charge in [0, 0.05) is 6.54 Å². The SMILES string of the molecule is NCC(Sc1nncs1)C(=O)O. The van der Waals surface area contributed by atoms with Crippen LogP contribution in [0, 0.1) is 0 Å². The molecule has 1 aromatic rings. The standard InChI is InChI=1S/C5H7N3O2S2/c6-1-3(4(9)10)12-5-8-7-2-11-5/h2-3H,1,6H2,(H,9,10). The summed E-state index contributed by atoms with van der Waals surface area (Å²) >= 11 is 2.43. The van der Waals surface area contributed by atoms with E-state index in [0.717, 1.165) is 11.8 Å². The van der Waals surface area contributed by atoms with Crippen molar-refractivity contribution in [1.82, 2.24) is 10.2 Å². The van der Waals surface area contributed by atoms with Crippen LogP contribution in [-0.2, 0) is 4.79 Å². The third-order valence-corrected chi connectivity index (χ3v) is 3.09. The molecule has 0 saturated carbocycles. The molecular formula is C5H7N3O2S2. The van der Waals surface area contributed by atoms with Gasteiger partial charge < -0.3 is 10.8 Å². The van der Waals surface area contributed by atoms with E-state index in [1.54, 1.807) is 5.51 Å². The van der Waals surface area contributed by atoms with Gasteiger partial charge in [0.25, 0.3) is 0 Å². The Hall–Kier alpha value is -0.660. The monoisotopic (exact) mass is 205 g/mol. The van der Waals surface area contributed by atoms with Crippen LogP contribution in [0.5, 0.6) is 0 Å². The molecule has 1 heterocycles. The largest absolute Gasteiger partial charge is 0.480 e. The van der Waals surface area contributed by atoms with Gasteiger partial charge in [-0.2, -0.15) is 0 Å². The highest BCUT2D eigenvalue weighted by molar-refractivity contribution is 8.02. The summed E-state index contributed by atoms with van der Waals surface area (Å²) in [5, 5.41) is 15.3. The number of aromatic nitrogens is 2. The highest BCUT2D eigenvalue weighted by Gasteiger charge is 2.18. The van der Waals surface area contributed by atoms with Crippen LogP contribution in [0.15, 0.2) is 9.85 Å². The lowest BCUT2D eigenvalue weighted by Crippen LogP contribution is -2.25. The van der Waals surface area contributed by atoms with Crippen LogP contribution in [-0.4, -0.2) is 33.1 Å². The summed E-state index contributed by atoms with van der Waals surface area (Å²) in [6.45, 7) is 0.0968. The molecule has 0 aliphatic rings. The van der Waals surface area contributed by atoms with E-state index in [0.29, 0.717) is 4.34 Å². The summed E-state index contributed by atoms with van der Waals surface area (Å²) in [6.07, 6.45) is 0. The summed E-state index contributed by atoms with van der Waals surface area (Å²) in [5.74, 6) is -0.919. The number of hydrogen-bond acceptors (Lipinski definition) is 6. The van der Waals surface area contributed by atoms with E-state index >= 15 is 0 Å². The second-order valence-electron chi connectivity index (χ2n) is 1.89. The lowest BCUT2D eigenvalue weighted by molar-refractivity contribution is -0.136. The number of aliphatic carboxylic acids is 1. The van der Waals surface area contributed by atoms with Crippen LogP contribution < -0.4 is 5.73 Å². The van der Waals surface area contributed by atoms with Gasteiger partial charge in [-0.1, -0.05) is 23.1 Å². The molecule has 12 heavy (non-hydrogen) atoms. The molecule has 66 valence electrons. The van der Waals surface area contributed by atoms with E-state index in [1.165, 1.54) is 11.3 Å². The van der Waals surface area contributed by atoms with Crippen molar-refractivity contribution in [1.29, 1.82) is 0 Å². The van der Waals surface area contributed by atoms with Gasteiger partial charge in [0.1, 0.15) is 10.8 Å². The smallest absolute Gasteiger partial charge is 0.318 e. The molecule has 7 heteroatoms. The summed E-state index contributed by atoms with van der Waals surface area (Å²) in [4.78, 5) is 10.5. The van der Waals surface area contributed by atoms with E-state index in [-0.39, 0.29) is 6.54 Å². The quantitative estimate of drug-likeness (QED) is 0.675. The molecule has 0 bridgehead atoms. The minimum atomic E-state index is -0.919. The van der Waals surface area contributed by atoms with Crippen LogP contribution in [0.1, 0.15) is 0 Å². The third-order valence-electron chi connectivity index (χ3n) is 1.07. The van der Waals surface area contributed by atoms with Crippen LogP contribution in [0.3, 0.4) is 0 Å². The number of thioether (sulfide) groups is 1. The summed E-state index contributed by atoms with van der Waals surface area (Å²) in [7, 11) is 0. The summed E-state index contributed by atoms with van der Waals surface area (Å²) < 4.78 is 0.632. The first-order valence-corrected chi connectivity index (χ1v) is 4.85. The molecule has 1 aromatic heterocycles. The average molecular weight is 205 g/mol. The third kappa shape index (κ3) is 2.43. The lowest BCUT2D eigenvalue weighted by atomic mass is 10.4. The zero-order valence-electron chi connectivity index (χ0n) is 6.01. The summed E-state index contributed by atoms with van der Waals surface area (Å²) in [6, 6.07) is 0. The number of nitrogens with two attached hydrogens (primary N) is 1. The zero-order valence-corrected chi connectivity index (χ0v) is 7.64. The molecule has 0 aliphatic heterocycles. The number of nitrogens with zero attached hydrogens (tertiary/aromatic N) is 2. The first-order chi connectivity index (χ1) is 5.74. The van der Waals surface area contributed by atoms with E-state index in [1.807, 2.05) is 0 Å². The van der Waals surface area contributed by atoms with E-state index in [4.69, 9.17) is 10.8 Å². The highest BCUT2D eigenvalue weighted by atomic mass is 32.2. The predicted molar refractivity (Wildman–Crippen MR) is 46.2 cm³/mol. The molecule has 0 aliphatic carbocycles. The second kappa shape index (κ2) is 4.39. The maximum Gasteiger partial charge on any atom is 0.318 e. The Morgan fingerprint density at radius 3 is 3.08 bits per heavy atom. The molecule has 5 nitrogen and oxygen atoms in total. The minimum absolute atomic E-state index is 0.0968.